The summed E-state index contributed by atoms with van der Waals surface area (Å²) in [5.41, 5.74) is 0.599. The minimum absolute atomic E-state index is 0.0356. The van der Waals surface area contributed by atoms with E-state index in [4.69, 9.17) is 0 Å². The van der Waals surface area contributed by atoms with Crippen LogP contribution in [0.5, 0.6) is 0 Å². The van der Waals surface area contributed by atoms with Gasteiger partial charge in [0.15, 0.2) is 0 Å². The Hall–Kier alpha value is -0.790. The summed E-state index contributed by atoms with van der Waals surface area (Å²) < 4.78 is 0. The van der Waals surface area contributed by atoms with Crippen LogP contribution in [0.3, 0.4) is 0 Å². The van der Waals surface area contributed by atoms with Crippen LogP contribution in [0.2, 0.25) is 0 Å². The first kappa shape index (κ1) is 16.1. The van der Waals surface area contributed by atoms with Crippen LogP contribution in [0.4, 0.5) is 0 Å². The smallest absolute Gasteiger partial charge is 0.307 e. The summed E-state index contributed by atoms with van der Waals surface area (Å²) >= 11 is 0. The maximum Gasteiger partial charge on any atom is 0.307 e. The Bertz CT molecular complexity index is 720. The number of rotatable bonds is 2. The number of carbonyl (C=O) groups is 1. The molecule has 12 atom stereocenters. The lowest BCUT2D eigenvalue weighted by atomic mass is 9.48. The van der Waals surface area contributed by atoms with Crippen molar-refractivity contribution in [3.8, 4) is 0 Å². The standard InChI is InChI=1S/C25H34O2/c1-12-16-10-17(19(12)24(26)27)21-18-11-25(23(16)21,15-5-3-2-4-6-15)22-14-8-7-13(9-14)20(18)22/h7-8,12-23H,2-6,9-11H2,1H3,(H,26,27). The first-order valence-electron chi connectivity index (χ1n) is 12.0. The van der Waals surface area contributed by atoms with E-state index in [0.717, 1.165) is 53.3 Å². The zero-order valence-corrected chi connectivity index (χ0v) is 16.6. The normalized spacial score (nSPS) is 62.3. The van der Waals surface area contributed by atoms with Gasteiger partial charge in [0.05, 0.1) is 5.92 Å². The van der Waals surface area contributed by atoms with Gasteiger partial charge in [0, 0.05) is 0 Å². The van der Waals surface area contributed by atoms with E-state index in [9.17, 15) is 9.90 Å². The van der Waals surface area contributed by atoms with Gasteiger partial charge in [0.25, 0.3) is 0 Å². The molecule has 6 saturated carbocycles. The Morgan fingerprint density at radius 3 is 2.48 bits per heavy atom. The Balaban J connectivity index is 1.37. The van der Waals surface area contributed by atoms with E-state index in [0.29, 0.717) is 17.3 Å². The minimum Gasteiger partial charge on any atom is -0.481 e. The maximum absolute atomic E-state index is 12.1. The Morgan fingerprint density at radius 1 is 0.926 bits per heavy atom. The first-order valence-corrected chi connectivity index (χ1v) is 12.0. The van der Waals surface area contributed by atoms with E-state index in [-0.39, 0.29) is 5.92 Å². The summed E-state index contributed by atoms with van der Waals surface area (Å²) in [6, 6.07) is 0. The summed E-state index contributed by atoms with van der Waals surface area (Å²) in [4.78, 5) is 12.1. The van der Waals surface area contributed by atoms with E-state index in [1.165, 1.54) is 51.4 Å². The quantitative estimate of drug-likeness (QED) is 0.536. The average Bonchev–Trinajstić information content (AvgIpc) is 3.45. The molecular weight excluding hydrogens is 332 g/mol. The van der Waals surface area contributed by atoms with Crippen molar-refractivity contribution >= 4 is 5.97 Å². The van der Waals surface area contributed by atoms with Gasteiger partial charge < -0.3 is 5.11 Å². The zero-order chi connectivity index (χ0) is 18.1. The van der Waals surface area contributed by atoms with Crippen LogP contribution < -0.4 is 0 Å². The van der Waals surface area contributed by atoms with Gasteiger partial charge in [-0.25, -0.2) is 0 Å². The molecule has 0 heterocycles. The molecule has 27 heavy (non-hydrogen) atoms. The molecule has 6 fully saturated rings. The summed E-state index contributed by atoms with van der Waals surface area (Å²) in [7, 11) is 0. The molecule has 146 valence electrons. The van der Waals surface area contributed by atoms with Crippen LogP contribution in [0.25, 0.3) is 0 Å². The molecular formula is C25H34O2. The molecule has 6 bridgehead atoms. The highest BCUT2D eigenvalue weighted by Crippen LogP contribution is 2.83. The molecule has 0 radical (unpaired) electrons. The molecule has 7 aliphatic carbocycles. The topological polar surface area (TPSA) is 37.3 Å². The lowest BCUT2D eigenvalue weighted by molar-refractivity contribution is -0.151. The number of allylic oxidation sites excluding steroid dienone is 2. The van der Waals surface area contributed by atoms with Crippen LogP contribution in [0, 0.1) is 76.4 Å². The Kier molecular flexibility index (Phi) is 2.99. The highest BCUT2D eigenvalue weighted by atomic mass is 16.4. The third-order valence-electron chi connectivity index (χ3n) is 11.6. The molecule has 1 N–H and O–H groups in total. The first-order chi connectivity index (χ1) is 13.1. The molecule has 0 aromatic heterocycles. The molecule has 2 nitrogen and oxygen atoms in total. The number of aliphatic carboxylic acids is 1. The van der Waals surface area contributed by atoms with Gasteiger partial charge in [-0.15, -0.1) is 0 Å². The van der Waals surface area contributed by atoms with Crippen LogP contribution in [-0.2, 0) is 4.79 Å². The van der Waals surface area contributed by atoms with Gasteiger partial charge in [0.1, 0.15) is 0 Å². The molecule has 7 rings (SSSR count). The fourth-order valence-electron chi connectivity index (χ4n) is 11.5. The molecule has 7 aliphatic rings. The molecule has 0 aromatic carbocycles. The number of hydrogen-bond donors (Lipinski definition) is 1. The van der Waals surface area contributed by atoms with Crippen molar-refractivity contribution in [3.63, 3.8) is 0 Å². The van der Waals surface area contributed by atoms with E-state index < -0.39 is 5.97 Å². The van der Waals surface area contributed by atoms with Crippen molar-refractivity contribution in [2.24, 2.45) is 76.4 Å². The number of fused-ring (bicyclic) bond motifs is 16. The van der Waals surface area contributed by atoms with Crippen molar-refractivity contribution in [3.05, 3.63) is 12.2 Å². The van der Waals surface area contributed by atoms with E-state index in [2.05, 4.69) is 19.1 Å². The third kappa shape index (κ3) is 1.63. The second-order valence-corrected chi connectivity index (χ2v) is 11.8. The second kappa shape index (κ2) is 5.03. The van der Waals surface area contributed by atoms with Gasteiger partial charge in [0.2, 0.25) is 0 Å². The van der Waals surface area contributed by atoms with Crippen molar-refractivity contribution < 1.29 is 9.90 Å². The van der Waals surface area contributed by atoms with E-state index >= 15 is 0 Å². The molecule has 0 aliphatic heterocycles. The predicted molar refractivity (Wildman–Crippen MR) is 104 cm³/mol. The number of hydrogen-bond acceptors (Lipinski definition) is 1. The fourth-order valence-corrected chi connectivity index (χ4v) is 11.5. The summed E-state index contributed by atoms with van der Waals surface area (Å²) in [5, 5.41) is 9.99. The van der Waals surface area contributed by atoms with Crippen molar-refractivity contribution in [2.75, 3.05) is 0 Å². The summed E-state index contributed by atoms with van der Waals surface area (Å²) in [6.07, 6.45) is 16.7. The zero-order valence-electron chi connectivity index (χ0n) is 16.6. The predicted octanol–water partition coefficient (Wildman–Crippen LogP) is 5.24. The van der Waals surface area contributed by atoms with Crippen LogP contribution in [-0.4, -0.2) is 11.1 Å². The van der Waals surface area contributed by atoms with Gasteiger partial charge in [-0.2, -0.15) is 0 Å². The van der Waals surface area contributed by atoms with E-state index in [1.807, 2.05) is 0 Å². The highest BCUT2D eigenvalue weighted by molar-refractivity contribution is 5.72. The van der Waals surface area contributed by atoms with Gasteiger partial charge in [-0.05, 0) is 103 Å². The van der Waals surface area contributed by atoms with Crippen LogP contribution in [0.1, 0.15) is 58.3 Å². The molecule has 2 heteroatoms. The molecule has 0 aromatic rings. The summed E-state index contributed by atoms with van der Waals surface area (Å²) in [5.74, 6) is 8.22. The second-order valence-electron chi connectivity index (χ2n) is 11.8. The fraction of sp³-hybridized carbons (Fsp3) is 0.880. The minimum atomic E-state index is -0.479. The van der Waals surface area contributed by atoms with Crippen molar-refractivity contribution in [1.82, 2.24) is 0 Å². The Labute approximate surface area is 163 Å². The monoisotopic (exact) mass is 366 g/mol. The molecule has 0 saturated heterocycles. The molecule has 12 unspecified atom stereocenters. The van der Waals surface area contributed by atoms with Crippen molar-refractivity contribution in [2.45, 2.75) is 58.3 Å². The van der Waals surface area contributed by atoms with Gasteiger partial charge in [-0.1, -0.05) is 38.3 Å². The van der Waals surface area contributed by atoms with Gasteiger partial charge in [-0.3, -0.25) is 4.79 Å². The van der Waals surface area contributed by atoms with Crippen LogP contribution in [0.15, 0.2) is 12.2 Å². The number of carboxylic acids is 1. The lowest BCUT2D eigenvalue weighted by Crippen LogP contribution is -2.53. The molecule has 0 spiro atoms. The Morgan fingerprint density at radius 2 is 1.70 bits per heavy atom. The number of carboxylic acid groups (broad SMARTS) is 1. The average molecular weight is 367 g/mol. The van der Waals surface area contributed by atoms with Gasteiger partial charge >= 0.3 is 5.97 Å². The molecule has 0 amide bonds. The summed E-state index contributed by atoms with van der Waals surface area (Å²) in [6.45, 7) is 2.30. The lowest BCUT2D eigenvalue weighted by Gasteiger charge is -2.56. The van der Waals surface area contributed by atoms with E-state index in [1.54, 1.807) is 0 Å². The maximum atomic E-state index is 12.1. The SMILES string of the molecule is CC1C2CC(C1C(=O)O)C1C3CC(C4CCCCC4)(C4C5C=CC(C5)C34)C21. The third-order valence-corrected chi connectivity index (χ3v) is 11.6. The van der Waals surface area contributed by atoms with Crippen molar-refractivity contribution in [1.29, 1.82) is 0 Å². The van der Waals surface area contributed by atoms with Crippen LogP contribution >= 0.6 is 0 Å². The highest BCUT2D eigenvalue weighted by Gasteiger charge is 2.79. The largest absolute Gasteiger partial charge is 0.481 e.